The van der Waals surface area contributed by atoms with Crippen LogP contribution < -0.4 is 9.47 Å². The van der Waals surface area contributed by atoms with E-state index in [4.69, 9.17) is 14.9 Å². The number of hydrogen-bond acceptors (Lipinski definition) is 3. The van der Waals surface area contributed by atoms with Gasteiger partial charge in [-0.2, -0.15) is 0 Å². The molecule has 5 aromatic rings. The maximum Gasteiger partial charge on any atom is 0.177 e. The summed E-state index contributed by atoms with van der Waals surface area (Å²) in [6.45, 7) is 4.60. The molecule has 0 fully saturated rings. The van der Waals surface area contributed by atoms with Gasteiger partial charge in [0.2, 0.25) is 0 Å². The monoisotopic (exact) mass is 557 g/mol. The number of fused-ring (bicyclic) bond motifs is 5. The molecule has 1 aliphatic heterocycles. The second-order valence-corrected chi connectivity index (χ2v) is 12.0. The Morgan fingerprint density at radius 1 is 0.674 bits per heavy atom. The molecular weight excluding hydrogens is 526 g/mol. The number of ether oxygens (including phenoxy) is 2. The first-order chi connectivity index (χ1) is 21.0. The Morgan fingerprint density at radius 2 is 1.42 bits per heavy atom. The number of hydrogen-bond donors (Lipinski definition) is 1. The van der Waals surface area contributed by atoms with E-state index in [9.17, 15) is 0 Å². The van der Waals surface area contributed by atoms with Gasteiger partial charge in [-0.1, -0.05) is 117 Å². The number of benzene rings is 5. The summed E-state index contributed by atoms with van der Waals surface area (Å²) in [5.41, 5.74) is 11.7. The highest BCUT2D eigenvalue weighted by atomic mass is 16.6. The lowest BCUT2D eigenvalue weighted by atomic mass is 9.80. The minimum absolute atomic E-state index is 0.0551. The van der Waals surface area contributed by atoms with Crippen LogP contribution in [0, 0.1) is 5.41 Å². The summed E-state index contributed by atoms with van der Waals surface area (Å²) in [7, 11) is 0. The fraction of sp³-hybridized carbons (Fsp3) is 0.125. The summed E-state index contributed by atoms with van der Waals surface area (Å²) in [4.78, 5) is 0. The Labute approximate surface area is 252 Å². The van der Waals surface area contributed by atoms with Crippen LogP contribution in [0.15, 0.2) is 127 Å². The molecule has 1 N–H and O–H groups in total. The smallest absolute Gasteiger partial charge is 0.177 e. The van der Waals surface area contributed by atoms with Crippen LogP contribution in [-0.4, -0.2) is 5.71 Å². The van der Waals surface area contributed by atoms with E-state index in [1.165, 1.54) is 22.3 Å². The zero-order valence-corrected chi connectivity index (χ0v) is 24.3. The van der Waals surface area contributed by atoms with Crippen molar-refractivity contribution in [3.63, 3.8) is 0 Å². The summed E-state index contributed by atoms with van der Waals surface area (Å²) >= 11 is 0. The minimum atomic E-state index is -0.0551. The van der Waals surface area contributed by atoms with Crippen molar-refractivity contribution in [2.45, 2.75) is 32.1 Å². The van der Waals surface area contributed by atoms with Gasteiger partial charge in [-0.15, -0.1) is 0 Å². The zero-order chi connectivity index (χ0) is 29.1. The summed E-state index contributed by atoms with van der Waals surface area (Å²) in [5.74, 6) is 3.04. The quantitative estimate of drug-likeness (QED) is 0.219. The van der Waals surface area contributed by atoms with E-state index in [1.54, 1.807) is 0 Å². The SMILES string of the molecule is CC1(C)C2=C(CCC=C2)c2c1ccc1c2Oc2cccc(-c3ccc(C(=N)c4cccc(-c5ccccc5)c4)cc3)c2O1. The molecule has 0 amide bonds. The standard InChI is InChI=1S/C40H31NO2/c1-40(2)32-16-7-6-14-31(32)36-33(40)22-23-35-39(36)43-34-17-9-15-30(38(34)42-35)26-18-20-27(21-19-26)37(41)29-13-8-12-28(24-29)25-10-4-3-5-11-25/h3-5,7-13,15-24,41H,6,14H2,1-2H3. The third kappa shape index (κ3) is 4.07. The highest BCUT2D eigenvalue weighted by Gasteiger charge is 2.41. The third-order valence-corrected chi connectivity index (χ3v) is 9.09. The molecule has 0 radical (unpaired) electrons. The van der Waals surface area contributed by atoms with Crippen LogP contribution in [0.25, 0.3) is 27.8 Å². The molecular formula is C40H31NO2. The first-order valence-electron chi connectivity index (χ1n) is 14.9. The van der Waals surface area contributed by atoms with Gasteiger partial charge < -0.3 is 9.47 Å². The van der Waals surface area contributed by atoms with E-state index < -0.39 is 0 Å². The van der Waals surface area contributed by atoms with Crippen LogP contribution in [0.4, 0.5) is 0 Å². The van der Waals surface area contributed by atoms with Crippen molar-refractivity contribution in [2.75, 3.05) is 0 Å². The average Bonchev–Trinajstić information content (AvgIpc) is 3.30. The Morgan fingerprint density at radius 3 is 2.26 bits per heavy atom. The predicted molar refractivity (Wildman–Crippen MR) is 175 cm³/mol. The van der Waals surface area contributed by atoms with E-state index in [0.717, 1.165) is 69.2 Å². The second kappa shape index (κ2) is 9.71. The third-order valence-electron chi connectivity index (χ3n) is 9.09. The molecule has 0 bridgehead atoms. The van der Waals surface area contributed by atoms with Crippen LogP contribution in [0.2, 0.25) is 0 Å². The molecule has 0 atom stereocenters. The van der Waals surface area contributed by atoms with Gasteiger partial charge in [0.1, 0.15) is 0 Å². The minimum Gasteiger partial charge on any atom is -0.449 e. The van der Waals surface area contributed by atoms with E-state index >= 15 is 0 Å². The van der Waals surface area contributed by atoms with Crippen molar-refractivity contribution >= 4 is 11.3 Å². The van der Waals surface area contributed by atoms with Gasteiger partial charge in [0, 0.05) is 27.7 Å². The summed E-state index contributed by atoms with van der Waals surface area (Å²) in [6.07, 6.45) is 6.65. The molecule has 1 heterocycles. The molecule has 43 heavy (non-hydrogen) atoms. The first kappa shape index (κ1) is 25.6. The lowest BCUT2D eigenvalue weighted by Crippen LogP contribution is -2.16. The van der Waals surface area contributed by atoms with Crippen LogP contribution in [-0.2, 0) is 5.41 Å². The fourth-order valence-electron chi connectivity index (χ4n) is 6.84. The molecule has 8 rings (SSSR count). The van der Waals surface area contributed by atoms with Gasteiger partial charge in [-0.05, 0) is 64.4 Å². The molecule has 3 heteroatoms. The van der Waals surface area contributed by atoms with Gasteiger partial charge in [-0.25, -0.2) is 0 Å². The van der Waals surface area contributed by atoms with Gasteiger partial charge in [0.25, 0.3) is 0 Å². The van der Waals surface area contributed by atoms with Crippen molar-refractivity contribution in [2.24, 2.45) is 0 Å². The van der Waals surface area contributed by atoms with Crippen LogP contribution in [0.3, 0.4) is 0 Å². The molecule has 0 saturated carbocycles. The Bertz CT molecular complexity index is 2000. The maximum atomic E-state index is 8.94. The molecule has 0 unspecified atom stereocenters. The number of allylic oxidation sites excluding steroid dienone is 4. The molecule has 2 aliphatic carbocycles. The molecule has 0 aromatic heterocycles. The fourth-order valence-corrected chi connectivity index (χ4v) is 6.84. The molecule has 208 valence electrons. The maximum absolute atomic E-state index is 8.94. The number of rotatable bonds is 4. The molecule has 5 aromatic carbocycles. The van der Waals surface area contributed by atoms with Crippen LogP contribution in [0.5, 0.6) is 23.0 Å². The normalized spacial score (nSPS) is 15.5. The van der Waals surface area contributed by atoms with E-state index in [0.29, 0.717) is 5.71 Å². The number of para-hydroxylation sites is 1. The van der Waals surface area contributed by atoms with Crippen LogP contribution in [0.1, 0.15) is 48.9 Å². The molecule has 0 spiro atoms. The predicted octanol–water partition coefficient (Wildman–Crippen LogP) is 10.7. The summed E-state index contributed by atoms with van der Waals surface area (Å²) in [5, 5.41) is 8.94. The lowest BCUT2D eigenvalue weighted by Gasteiger charge is -2.27. The van der Waals surface area contributed by atoms with E-state index in [-0.39, 0.29) is 5.41 Å². The molecule has 3 nitrogen and oxygen atoms in total. The lowest BCUT2D eigenvalue weighted by molar-refractivity contribution is 0.359. The Kier molecular flexibility index (Phi) is 5.77. The van der Waals surface area contributed by atoms with E-state index in [2.05, 4.69) is 80.6 Å². The largest absolute Gasteiger partial charge is 0.449 e. The average molecular weight is 558 g/mol. The summed E-state index contributed by atoms with van der Waals surface area (Å²) in [6, 6.07) is 37.0. The highest BCUT2D eigenvalue weighted by Crippen LogP contribution is 2.59. The van der Waals surface area contributed by atoms with Gasteiger partial charge in [-0.3, -0.25) is 5.41 Å². The zero-order valence-electron chi connectivity index (χ0n) is 24.3. The topological polar surface area (TPSA) is 42.3 Å². The summed E-state index contributed by atoms with van der Waals surface area (Å²) < 4.78 is 13.3. The Hall–Kier alpha value is -5.15. The van der Waals surface area contributed by atoms with E-state index in [1.807, 2.05) is 54.6 Å². The first-order valence-corrected chi connectivity index (χ1v) is 14.9. The molecule has 0 saturated heterocycles. The van der Waals surface area contributed by atoms with Crippen molar-refractivity contribution in [1.82, 2.24) is 0 Å². The Balaban J connectivity index is 1.11. The van der Waals surface area contributed by atoms with Crippen molar-refractivity contribution < 1.29 is 9.47 Å². The highest BCUT2D eigenvalue weighted by molar-refractivity contribution is 6.11. The van der Waals surface area contributed by atoms with Crippen molar-refractivity contribution in [1.29, 1.82) is 5.41 Å². The second-order valence-electron chi connectivity index (χ2n) is 12.0. The van der Waals surface area contributed by atoms with Crippen molar-refractivity contribution in [3.8, 4) is 45.3 Å². The van der Waals surface area contributed by atoms with Gasteiger partial charge in [0.15, 0.2) is 23.0 Å². The molecule has 3 aliphatic rings. The van der Waals surface area contributed by atoms with Crippen LogP contribution >= 0.6 is 0 Å². The van der Waals surface area contributed by atoms with Crippen molar-refractivity contribution in [3.05, 3.63) is 149 Å². The number of nitrogens with one attached hydrogen (secondary N) is 1. The van der Waals surface area contributed by atoms with Gasteiger partial charge in [0.05, 0.1) is 5.71 Å². The van der Waals surface area contributed by atoms with Gasteiger partial charge >= 0.3 is 0 Å².